The second kappa shape index (κ2) is 6.99. The minimum atomic E-state index is 0.0658. The molecule has 2 rings (SSSR count). The van der Waals surface area contributed by atoms with Crippen LogP contribution in [0.1, 0.15) is 11.1 Å². The van der Waals surface area contributed by atoms with Crippen molar-refractivity contribution in [2.75, 3.05) is 12.9 Å². The van der Waals surface area contributed by atoms with E-state index >= 15 is 0 Å². The van der Waals surface area contributed by atoms with Gasteiger partial charge >= 0.3 is 0 Å². The summed E-state index contributed by atoms with van der Waals surface area (Å²) in [6, 6.07) is 15.3. The normalized spacial score (nSPS) is 10.1. The Labute approximate surface area is 122 Å². The van der Waals surface area contributed by atoms with Crippen LogP contribution in [0.5, 0.6) is 11.5 Å². The maximum Gasteiger partial charge on any atom is 0.146 e. The van der Waals surface area contributed by atoms with Crippen molar-refractivity contribution in [3.05, 3.63) is 53.6 Å². The molecule has 0 spiro atoms. The zero-order valence-corrected chi connectivity index (χ0v) is 12.0. The van der Waals surface area contributed by atoms with Crippen molar-refractivity contribution in [2.24, 2.45) is 0 Å². The third-order valence-corrected chi connectivity index (χ3v) is 3.67. The predicted octanol–water partition coefficient (Wildman–Crippen LogP) is 3.61. The lowest BCUT2D eigenvalue weighted by molar-refractivity contribution is 0.298. The Hall–Kier alpha value is -1.96. The van der Waals surface area contributed by atoms with Gasteiger partial charge in [-0.2, -0.15) is 5.26 Å². The maximum atomic E-state index is 9.30. The highest BCUT2D eigenvalue weighted by Gasteiger charge is 2.11. The van der Waals surface area contributed by atoms with E-state index in [1.165, 1.54) is 11.8 Å². The van der Waals surface area contributed by atoms with E-state index in [2.05, 4.69) is 6.07 Å². The molecule has 0 aromatic heterocycles. The molecule has 0 saturated carbocycles. The van der Waals surface area contributed by atoms with Crippen LogP contribution < -0.4 is 4.74 Å². The highest BCUT2D eigenvalue weighted by atomic mass is 32.2. The Morgan fingerprint density at radius 3 is 2.60 bits per heavy atom. The summed E-state index contributed by atoms with van der Waals surface area (Å²) < 4.78 is 5.88. The van der Waals surface area contributed by atoms with Crippen LogP contribution in [0, 0.1) is 11.3 Å². The quantitative estimate of drug-likeness (QED) is 0.853. The average Bonchev–Trinajstić information content (AvgIpc) is 2.49. The van der Waals surface area contributed by atoms with E-state index < -0.39 is 0 Å². The van der Waals surface area contributed by atoms with Gasteiger partial charge in [0.1, 0.15) is 23.1 Å². The number of para-hydroxylation sites is 1. The van der Waals surface area contributed by atoms with Crippen molar-refractivity contribution in [3.8, 4) is 17.6 Å². The Morgan fingerprint density at radius 1 is 1.15 bits per heavy atom. The van der Waals surface area contributed by atoms with Crippen molar-refractivity contribution in [1.29, 1.82) is 5.26 Å². The molecule has 2 aromatic carbocycles. The van der Waals surface area contributed by atoms with Crippen LogP contribution in [0.3, 0.4) is 0 Å². The van der Waals surface area contributed by atoms with Gasteiger partial charge in [0.2, 0.25) is 0 Å². The average molecular weight is 285 g/mol. The molecule has 20 heavy (non-hydrogen) atoms. The summed E-state index contributed by atoms with van der Waals surface area (Å²) >= 11 is 1.52. The molecule has 0 aliphatic heterocycles. The van der Waals surface area contributed by atoms with Crippen molar-refractivity contribution in [1.82, 2.24) is 0 Å². The number of benzene rings is 2. The largest absolute Gasteiger partial charge is 0.456 e. The standard InChI is InChI=1S/C16H15NO2S/c1-20-16-8-4-7-15(13(16)11-17)19-14-6-3-2-5-12(14)9-10-18/h2-8,18H,9-10H2,1H3. The van der Waals surface area contributed by atoms with Gasteiger partial charge < -0.3 is 9.84 Å². The van der Waals surface area contributed by atoms with Gasteiger partial charge in [0.05, 0.1) is 0 Å². The van der Waals surface area contributed by atoms with E-state index in [1.54, 1.807) is 6.07 Å². The monoisotopic (exact) mass is 285 g/mol. The lowest BCUT2D eigenvalue weighted by atomic mass is 10.1. The number of rotatable bonds is 5. The fourth-order valence-corrected chi connectivity index (χ4v) is 2.49. The summed E-state index contributed by atoms with van der Waals surface area (Å²) in [6.07, 6.45) is 2.46. The first-order valence-electron chi connectivity index (χ1n) is 6.24. The minimum absolute atomic E-state index is 0.0658. The number of nitriles is 1. The summed E-state index contributed by atoms with van der Waals surface area (Å²) in [6.45, 7) is 0.0658. The Morgan fingerprint density at radius 2 is 1.90 bits per heavy atom. The second-order valence-corrected chi connectivity index (χ2v) is 4.98. The van der Waals surface area contributed by atoms with Crippen LogP contribution in [-0.4, -0.2) is 18.0 Å². The summed E-state index contributed by atoms with van der Waals surface area (Å²) in [5.74, 6) is 1.22. The van der Waals surface area contributed by atoms with E-state index in [1.807, 2.05) is 42.7 Å². The van der Waals surface area contributed by atoms with Gasteiger partial charge in [-0.1, -0.05) is 24.3 Å². The number of ether oxygens (including phenoxy) is 1. The number of thioether (sulfide) groups is 1. The Kier molecular flexibility index (Phi) is 5.05. The van der Waals surface area contributed by atoms with Crippen LogP contribution in [-0.2, 0) is 6.42 Å². The molecule has 0 radical (unpaired) electrons. The number of nitrogens with zero attached hydrogens (tertiary/aromatic N) is 1. The van der Waals surface area contributed by atoms with Gasteiger partial charge in [-0.15, -0.1) is 11.8 Å². The van der Waals surface area contributed by atoms with Gasteiger partial charge in [-0.25, -0.2) is 0 Å². The SMILES string of the molecule is CSc1cccc(Oc2ccccc2CCO)c1C#N. The summed E-state index contributed by atoms with van der Waals surface area (Å²) in [5.41, 5.74) is 1.47. The van der Waals surface area contributed by atoms with E-state index in [0.717, 1.165) is 10.5 Å². The molecule has 4 heteroatoms. The first-order chi connectivity index (χ1) is 9.80. The van der Waals surface area contributed by atoms with E-state index in [9.17, 15) is 5.26 Å². The van der Waals surface area contributed by atoms with Gasteiger partial charge in [0.25, 0.3) is 0 Å². The molecule has 0 saturated heterocycles. The fourth-order valence-electron chi connectivity index (χ4n) is 1.93. The van der Waals surface area contributed by atoms with Crippen molar-refractivity contribution in [2.45, 2.75) is 11.3 Å². The van der Waals surface area contributed by atoms with Crippen LogP contribution in [0.4, 0.5) is 0 Å². The Bertz CT molecular complexity index is 635. The van der Waals surface area contributed by atoms with Crippen LogP contribution in [0.25, 0.3) is 0 Å². The third kappa shape index (κ3) is 3.13. The van der Waals surface area contributed by atoms with Crippen molar-refractivity contribution >= 4 is 11.8 Å². The molecule has 0 atom stereocenters. The van der Waals surface area contributed by atoms with Gasteiger partial charge in [0.15, 0.2) is 0 Å². The molecular formula is C16H15NO2S. The Balaban J connectivity index is 2.38. The highest BCUT2D eigenvalue weighted by Crippen LogP contribution is 2.32. The number of hydrogen-bond donors (Lipinski definition) is 1. The minimum Gasteiger partial charge on any atom is -0.456 e. The molecule has 2 aromatic rings. The molecule has 0 aliphatic rings. The molecule has 0 bridgehead atoms. The molecule has 0 unspecified atom stereocenters. The lowest BCUT2D eigenvalue weighted by Gasteiger charge is -2.12. The molecule has 0 amide bonds. The topological polar surface area (TPSA) is 53.2 Å². The molecule has 0 fully saturated rings. The number of aliphatic hydroxyl groups is 1. The molecule has 102 valence electrons. The molecule has 0 aliphatic carbocycles. The summed E-state index contributed by atoms with van der Waals surface area (Å²) in [4.78, 5) is 0.893. The third-order valence-electron chi connectivity index (χ3n) is 2.89. The van der Waals surface area contributed by atoms with Crippen LogP contribution in [0.2, 0.25) is 0 Å². The second-order valence-electron chi connectivity index (χ2n) is 4.13. The van der Waals surface area contributed by atoms with Gasteiger partial charge in [-0.05, 0) is 36.4 Å². The predicted molar refractivity (Wildman–Crippen MR) is 80.2 cm³/mol. The van der Waals surface area contributed by atoms with Crippen molar-refractivity contribution < 1.29 is 9.84 Å². The van der Waals surface area contributed by atoms with E-state index in [4.69, 9.17) is 9.84 Å². The highest BCUT2D eigenvalue weighted by molar-refractivity contribution is 7.98. The number of aliphatic hydroxyl groups excluding tert-OH is 1. The fraction of sp³-hybridized carbons (Fsp3) is 0.188. The van der Waals surface area contributed by atoms with Gasteiger partial charge in [0, 0.05) is 11.5 Å². The van der Waals surface area contributed by atoms with Crippen LogP contribution in [0.15, 0.2) is 47.4 Å². The maximum absolute atomic E-state index is 9.30. The smallest absolute Gasteiger partial charge is 0.146 e. The molecular weight excluding hydrogens is 270 g/mol. The molecule has 3 nitrogen and oxygen atoms in total. The number of hydrogen-bond acceptors (Lipinski definition) is 4. The first kappa shape index (κ1) is 14.4. The van der Waals surface area contributed by atoms with Crippen molar-refractivity contribution in [3.63, 3.8) is 0 Å². The van der Waals surface area contributed by atoms with Gasteiger partial charge in [-0.3, -0.25) is 0 Å². The van der Waals surface area contributed by atoms with Crippen LogP contribution >= 0.6 is 11.8 Å². The molecule has 0 heterocycles. The molecule has 1 N–H and O–H groups in total. The lowest BCUT2D eigenvalue weighted by Crippen LogP contribution is -1.96. The van der Waals surface area contributed by atoms with E-state index in [-0.39, 0.29) is 6.61 Å². The van der Waals surface area contributed by atoms with E-state index in [0.29, 0.717) is 23.5 Å². The zero-order chi connectivity index (χ0) is 14.4. The zero-order valence-electron chi connectivity index (χ0n) is 11.2. The summed E-state index contributed by atoms with van der Waals surface area (Å²) in [7, 11) is 0. The first-order valence-corrected chi connectivity index (χ1v) is 7.46. The summed E-state index contributed by atoms with van der Waals surface area (Å²) in [5, 5.41) is 18.4.